The van der Waals surface area contributed by atoms with E-state index in [9.17, 15) is 28.1 Å². The summed E-state index contributed by atoms with van der Waals surface area (Å²) in [5.74, 6) is -0.145. The Labute approximate surface area is 210 Å². The summed E-state index contributed by atoms with van der Waals surface area (Å²) in [5.41, 5.74) is 0.786. The SMILES string of the molecule is COc1ccc(C(=O)N/N=C/c2cc(Br)ccc2Oc2ccc(C(F)(F)F)cc2[N+](=O)[O-])cc1OC. The molecule has 0 aliphatic carbocycles. The smallest absolute Gasteiger partial charge is 0.416 e. The summed E-state index contributed by atoms with van der Waals surface area (Å²) in [4.78, 5) is 22.8. The molecule has 3 aromatic rings. The number of nitro benzene ring substituents is 1. The molecule has 9 nitrogen and oxygen atoms in total. The number of carbonyl (C=O) groups is 1. The quantitative estimate of drug-likeness (QED) is 0.204. The van der Waals surface area contributed by atoms with Gasteiger partial charge in [0.05, 0.1) is 30.9 Å². The summed E-state index contributed by atoms with van der Waals surface area (Å²) in [5, 5.41) is 15.2. The normalized spacial score (nSPS) is 11.3. The van der Waals surface area contributed by atoms with E-state index < -0.39 is 34.0 Å². The van der Waals surface area contributed by atoms with Crippen molar-refractivity contribution in [1.29, 1.82) is 0 Å². The molecule has 0 saturated heterocycles. The molecule has 36 heavy (non-hydrogen) atoms. The van der Waals surface area contributed by atoms with Gasteiger partial charge in [0.1, 0.15) is 5.75 Å². The van der Waals surface area contributed by atoms with E-state index in [0.29, 0.717) is 28.1 Å². The van der Waals surface area contributed by atoms with Gasteiger partial charge in [0.15, 0.2) is 11.5 Å². The lowest BCUT2D eigenvalue weighted by Gasteiger charge is -2.12. The average molecular weight is 568 g/mol. The third-order valence-electron chi connectivity index (χ3n) is 4.69. The number of ether oxygens (including phenoxy) is 3. The first-order chi connectivity index (χ1) is 17.0. The van der Waals surface area contributed by atoms with Crippen molar-refractivity contribution in [2.24, 2.45) is 5.10 Å². The molecule has 0 aliphatic rings. The van der Waals surface area contributed by atoms with Gasteiger partial charge in [0.2, 0.25) is 5.75 Å². The van der Waals surface area contributed by atoms with Crippen molar-refractivity contribution in [3.05, 3.63) is 85.9 Å². The topological polar surface area (TPSA) is 112 Å². The molecule has 0 atom stereocenters. The number of halogens is 4. The Morgan fingerprint density at radius 1 is 1.00 bits per heavy atom. The highest BCUT2D eigenvalue weighted by atomic mass is 79.9. The monoisotopic (exact) mass is 567 g/mol. The van der Waals surface area contributed by atoms with Gasteiger partial charge in [-0.05, 0) is 48.5 Å². The number of alkyl halides is 3. The number of carbonyl (C=O) groups excluding carboxylic acids is 1. The molecule has 0 spiro atoms. The summed E-state index contributed by atoms with van der Waals surface area (Å²) in [7, 11) is 2.88. The van der Waals surface area contributed by atoms with Crippen LogP contribution in [0, 0.1) is 10.1 Å². The second-order valence-corrected chi connectivity index (χ2v) is 7.91. The molecule has 3 rings (SSSR count). The molecule has 0 heterocycles. The van der Waals surface area contributed by atoms with E-state index in [0.717, 1.165) is 6.07 Å². The minimum atomic E-state index is -4.76. The van der Waals surface area contributed by atoms with Crippen molar-refractivity contribution < 1.29 is 37.1 Å². The number of hydrogen-bond donors (Lipinski definition) is 1. The number of benzene rings is 3. The van der Waals surface area contributed by atoms with E-state index >= 15 is 0 Å². The molecule has 0 saturated carbocycles. The van der Waals surface area contributed by atoms with Gasteiger partial charge < -0.3 is 14.2 Å². The van der Waals surface area contributed by atoms with Gasteiger partial charge in [-0.15, -0.1) is 0 Å². The van der Waals surface area contributed by atoms with Crippen LogP contribution < -0.4 is 19.6 Å². The molecule has 1 amide bonds. The first-order valence-electron chi connectivity index (χ1n) is 9.92. The van der Waals surface area contributed by atoms with Crippen molar-refractivity contribution in [3.63, 3.8) is 0 Å². The maximum absolute atomic E-state index is 13.0. The molecule has 0 unspecified atom stereocenters. The highest BCUT2D eigenvalue weighted by Crippen LogP contribution is 2.38. The number of methoxy groups -OCH3 is 2. The molecule has 3 aromatic carbocycles. The Hall–Kier alpha value is -4.13. The number of rotatable bonds is 8. The van der Waals surface area contributed by atoms with Gasteiger partial charge in [-0.3, -0.25) is 14.9 Å². The van der Waals surface area contributed by atoms with Crippen molar-refractivity contribution in [3.8, 4) is 23.0 Å². The fraction of sp³-hybridized carbons (Fsp3) is 0.130. The fourth-order valence-electron chi connectivity index (χ4n) is 2.96. The lowest BCUT2D eigenvalue weighted by Crippen LogP contribution is -2.17. The Balaban J connectivity index is 1.85. The van der Waals surface area contributed by atoms with Crippen LogP contribution in [0.25, 0.3) is 0 Å². The van der Waals surface area contributed by atoms with E-state index in [4.69, 9.17) is 14.2 Å². The van der Waals surface area contributed by atoms with E-state index in [1.165, 1.54) is 44.7 Å². The summed E-state index contributed by atoms with van der Waals surface area (Å²) < 4.78 is 55.4. The minimum absolute atomic E-state index is 0.0465. The molecule has 0 aliphatic heterocycles. The molecule has 0 aromatic heterocycles. The van der Waals surface area contributed by atoms with Gasteiger partial charge in [-0.1, -0.05) is 15.9 Å². The summed E-state index contributed by atoms with van der Waals surface area (Å²) in [6, 6.07) is 11.0. The molecular formula is C23H17BrF3N3O6. The van der Waals surface area contributed by atoms with Gasteiger partial charge in [-0.25, -0.2) is 5.43 Å². The number of nitrogens with one attached hydrogen (secondary N) is 1. The maximum atomic E-state index is 13.0. The highest BCUT2D eigenvalue weighted by molar-refractivity contribution is 9.10. The zero-order valence-corrected chi connectivity index (χ0v) is 20.2. The van der Waals surface area contributed by atoms with Crippen LogP contribution in [-0.2, 0) is 6.18 Å². The Morgan fingerprint density at radius 2 is 1.67 bits per heavy atom. The van der Waals surface area contributed by atoms with Crippen molar-refractivity contribution in [2.75, 3.05) is 14.2 Å². The van der Waals surface area contributed by atoms with Gasteiger partial charge >= 0.3 is 11.9 Å². The maximum Gasteiger partial charge on any atom is 0.416 e. The highest BCUT2D eigenvalue weighted by Gasteiger charge is 2.33. The zero-order valence-electron chi connectivity index (χ0n) is 18.6. The summed E-state index contributed by atoms with van der Waals surface area (Å²) in [6.07, 6.45) is -3.54. The number of hydrogen-bond acceptors (Lipinski definition) is 7. The third kappa shape index (κ3) is 6.30. The van der Waals surface area contributed by atoms with E-state index in [1.807, 2.05) is 0 Å². The van der Waals surface area contributed by atoms with E-state index in [1.54, 1.807) is 12.1 Å². The van der Waals surface area contributed by atoms with Crippen LogP contribution >= 0.6 is 15.9 Å². The van der Waals surface area contributed by atoms with E-state index in [-0.39, 0.29) is 16.9 Å². The Kier molecular flexibility index (Phi) is 8.14. The van der Waals surface area contributed by atoms with Crippen LogP contribution in [0.2, 0.25) is 0 Å². The van der Waals surface area contributed by atoms with Crippen LogP contribution in [0.15, 0.2) is 64.2 Å². The molecular weight excluding hydrogens is 551 g/mol. The summed E-state index contributed by atoms with van der Waals surface area (Å²) >= 11 is 3.27. The lowest BCUT2D eigenvalue weighted by molar-refractivity contribution is -0.385. The molecule has 13 heteroatoms. The minimum Gasteiger partial charge on any atom is -0.493 e. The van der Waals surface area contributed by atoms with Gasteiger partial charge in [0.25, 0.3) is 5.91 Å². The average Bonchev–Trinajstić information content (AvgIpc) is 2.84. The third-order valence-corrected chi connectivity index (χ3v) is 5.18. The van der Waals surface area contributed by atoms with Gasteiger partial charge in [-0.2, -0.15) is 18.3 Å². The molecule has 0 radical (unpaired) electrons. The number of hydrazone groups is 1. The van der Waals surface area contributed by atoms with Crippen LogP contribution in [0.4, 0.5) is 18.9 Å². The van der Waals surface area contributed by atoms with Crippen molar-refractivity contribution >= 4 is 33.7 Å². The van der Waals surface area contributed by atoms with Gasteiger partial charge in [0, 0.05) is 21.7 Å². The zero-order chi connectivity index (χ0) is 26.5. The standard InChI is InChI=1S/C23H17BrF3N3O6/c1-34-20-6-3-13(10-21(20)35-2)22(31)29-28-12-14-9-16(24)5-8-18(14)36-19-7-4-15(23(25,26)27)11-17(19)30(32)33/h3-12H,1-2H3,(H,29,31)/b28-12+. The second-order valence-electron chi connectivity index (χ2n) is 6.99. The number of nitro groups is 1. The van der Waals surface area contributed by atoms with Crippen molar-refractivity contribution in [1.82, 2.24) is 5.43 Å². The molecule has 0 fully saturated rings. The lowest BCUT2D eigenvalue weighted by atomic mass is 10.1. The first-order valence-corrected chi connectivity index (χ1v) is 10.7. The second kappa shape index (κ2) is 11.1. The Morgan fingerprint density at radius 3 is 2.31 bits per heavy atom. The van der Waals surface area contributed by atoms with Crippen LogP contribution in [-0.4, -0.2) is 31.3 Å². The molecule has 1 N–H and O–H groups in total. The summed E-state index contributed by atoms with van der Waals surface area (Å²) in [6.45, 7) is 0. The predicted octanol–water partition coefficient (Wildman–Crippen LogP) is 5.95. The van der Waals surface area contributed by atoms with Crippen LogP contribution in [0.3, 0.4) is 0 Å². The Bertz CT molecular complexity index is 1330. The van der Waals surface area contributed by atoms with E-state index in [2.05, 4.69) is 26.5 Å². The largest absolute Gasteiger partial charge is 0.493 e. The van der Waals surface area contributed by atoms with Crippen LogP contribution in [0.5, 0.6) is 23.0 Å². The number of nitrogens with zero attached hydrogens (tertiary/aromatic N) is 2. The molecule has 0 bridgehead atoms. The predicted molar refractivity (Wildman–Crippen MR) is 127 cm³/mol. The van der Waals surface area contributed by atoms with Crippen LogP contribution in [0.1, 0.15) is 21.5 Å². The first kappa shape index (κ1) is 26.5. The van der Waals surface area contributed by atoms with Crippen molar-refractivity contribution in [2.45, 2.75) is 6.18 Å². The fourth-order valence-corrected chi connectivity index (χ4v) is 3.34. The molecule has 188 valence electrons. The number of amides is 1.